The maximum Gasteiger partial charge on any atom is 0.253 e. The van der Waals surface area contributed by atoms with Gasteiger partial charge in [-0.05, 0) is 60.8 Å². The molecule has 0 unspecified atom stereocenters. The molecule has 2 atom stereocenters. The Balaban J connectivity index is 1.54. The van der Waals surface area contributed by atoms with E-state index in [9.17, 15) is 4.79 Å². The van der Waals surface area contributed by atoms with Gasteiger partial charge in [-0.2, -0.15) is 0 Å². The molecule has 1 aromatic rings. The SMILES string of the molecule is O=C(c1ccc2c(c1)CCCC2)N1C[C@H]2CNC[C@H]2C1. The lowest BCUT2D eigenvalue weighted by Gasteiger charge is -2.20. The highest BCUT2D eigenvalue weighted by atomic mass is 16.2. The lowest BCUT2D eigenvalue weighted by Crippen LogP contribution is -2.32. The van der Waals surface area contributed by atoms with Gasteiger partial charge in [0.05, 0.1) is 0 Å². The van der Waals surface area contributed by atoms with Crippen LogP contribution < -0.4 is 5.32 Å². The van der Waals surface area contributed by atoms with E-state index in [1.54, 1.807) is 0 Å². The van der Waals surface area contributed by atoms with E-state index in [4.69, 9.17) is 0 Å². The van der Waals surface area contributed by atoms with Crippen LogP contribution >= 0.6 is 0 Å². The molecule has 2 saturated heterocycles. The normalized spacial score (nSPS) is 28.3. The van der Waals surface area contributed by atoms with Crippen molar-refractivity contribution in [1.29, 1.82) is 0 Å². The van der Waals surface area contributed by atoms with Crippen LogP contribution in [0.2, 0.25) is 0 Å². The van der Waals surface area contributed by atoms with E-state index in [-0.39, 0.29) is 5.91 Å². The molecular weight excluding hydrogens is 248 g/mol. The molecule has 0 spiro atoms. The third-order valence-electron chi connectivity index (χ3n) is 5.27. The van der Waals surface area contributed by atoms with Crippen molar-refractivity contribution in [3.05, 3.63) is 34.9 Å². The van der Waals surface area contributed by atoms with E-state index < -0.39 is 0 Å². The first-order valence-corrected chi connectivity index (χ1v) is 7.93. The molecule has 20 heavy (non-hydrogen) atoms. The molecule has 0 bridgehead atoms. The molecule has 4 rings (SSSR count). The van der Waals surface area contributed by atoms with Gasteiger partial charge in [-0.15, -0.1) is 0 Å². The molecule has 0 saturated carbocycles. The standard InChI is InChI=1S/C17H22N2O/c20-17(19-10-15-8-18-9-16(15)11-19)14-6-5-12-3-1-2-4-13(12)7-14/h5-7,15-16,18H,1-4,8-11H2/t15-,16+. The number of carbonyl (C=O) groups excluding carboxylic acids is 1. The van der Waals surface area contributed by atoms with Crippen LogP contribution in [0.25, 0.3) is 0 Å². The number of carbonyl (C=O) groups is 1. The Hall–Kier alpha value is -1.35. The number of rotatable bonds is 1. The fourth-order valence-electron chi connectivity index (χ4n) is 4.07. The zero-order valence-electron chi connectivity index (χ0n) is 11.9. The molecule has 3 aliphatic rings. The number of benzene rings is 1. The summed E-state index contributed by atoms with van der Waals surface area (Å²) in [6.45, 7) is 4.04. The highest BCUT2D eigenvalue weighted by Crippen LogP contribution is 2.28. The largest absolute Gasteiger partial charge is 0.338 e. The van der Waals surface area contributed by atoms with Crippen LogP contribution in [0.1, 0.15) is 34.3 Å². The highest BCUT2D eigenvalue weighted by Gasteiger charge is 2.38. The van der Waals surface area contributed by atoms with Crippen LogP contribution in [0.3, 0.4) is 0 Å². The lowest BCUT2D eigenvalue weighted by molar-refractivity contribution is 0.0781. The molecule has 1 aromatic carbocycles. The van der Waals surface area contributed by atoms with Crippen LogP contribution in [0.5, 0.6) is 0 Å². The lowest BCUT2D eigenvalue weighted by atomic mass is 9.90. The molecular formula is C17H22N2O. The second kappa shape index (κ2) is 4.88. The van der Waals surface area contributed by atoms with Crippen molar-refractivity contribution < 1.29 is 4.79 Å². The van der Waals surface area contributed by atoms with E-state index in [1.165, 1.54) is 30.4 Å². The van der Waals surface area contributed by atoms with Gasteiger partial charge in [0.2, 0.25) is 0 Å². The summed E-state index contributed by atoms with van der Waals surface area (Å²) in [5, 5.41) is 3.43. The zero-order valence-corrected chi connectivity index (χ0v) is 11.9. The van der Waals surface area contributed by atoms with Crippen molar-refractivity contribution >= 4 is 5.91 Å². The average Bonchev–Trinajstić information content (AvgIpc) is 3.07. The monoisotopic (exact) mass is 270 g/mol. The summed E-state index contributed by atoms with van der Waals surface area (Å²) < 4.78 is 0. The van der Waals surface area contributed by atoms with Gasteiger partial charge in [-0.3, -0.25) is 4.79 Å². The molecule has 3 nitrogen and oxygen atoms in total. The number of hydrogen-bond donors (Lipinski definition) is 1. The molecule has 1 aliphatic carbocycles. The molecule has 3 heteroatoms. The molecule has 106 valence electrons. The van der Waals surface area contributed by atoms with Gasteiger partial charge in [0.15, 0.2) is 0 Å². The molecule has 2 heterocycles. The van der Waals surface area contributed by atoms with Gasteiger partial charge in [0.25, 0.3) is 5.91 Å². The van der Waals surface area contributed by atoms with Gasteiger partial charge >= 0.3 is 0 Å². The minimum atomic E-state index is 0.243. The van der Waals surface area contributed by atoms with Crippen LogP contribution in [0, 0.1) is 11.8 Å². The quantitative estimate of drug-likeness (QED) is 0.845. The van der Waals surface area contributed by atoms with Gasteiger partial charge < -0.3 is 10.2 Å². The predicted molar refractivity (Wildman–Crippen MR) is 78.8 cm³/mol. The summed E-state index contributed by atoms with van der Waals surface area (Å²) in [5.74, 6) is 1.60. The Morgan fingerprint density at radius 1 is 1.05 bits per heavy atom. The van der Waals surface area contributed by atoms with E-state index in [0.717, 1.165) is 38.2 Å². The predicted octanol–water partition coefficient (Wildman–Crippen LogP) is 1.86. The molecule has 1 amide bonds. The van der Waals surface area contributed by atoms with E-state index in [0.29, 0.717) is 11.8 Å². The highest BCUT2D eigenvalue weighted by molar-refractivity contribution is 5.94. The van der Waals surface area contributed by atoms with Gasteiger partial charge in [-0.1, -0.05) is 6.07 Å². The van der Waals surface area contributed by atoms with E-state index in [1.807, 2.05) is 6.07 Å². The summed E-state index contributed by atoms with van der Waals surface area (Å²) in [7, 11) is 0. The van der Waals surface area contributed by atoms with Crippen molar-refractivity contribution in [1.82, 2.24) is 10.2 Å². The Bertz CT molecular complexity index is 528. The minimum Gasteiger partial charge on any atom is -0.338 e. The summed E-state index contributed by atoms with van der Waals surface area (Å²) in [6.07, 6.45) is 4.89. The number of fused-ring (bicyclic) bond motifs is 2. The number of aryl methyl sites for hydroxylation is 2. The van der Waals surface area contributed by atoms with Gasteiger partial charge in [-0.25, -0.2) is 0 Å². The van der Waals surface area contributed by atoms with Gasteiger partial charge in [0, 0.05) is 31.7 Å². The van der Waals surface area contributed by atoms with Crippen LogP contribution in [0.15, 0.2) is 18.2 Å². The Morgan fingerprint density at radius 2 is 1.75 bits per heavy atom. The summed E-state index contributed by atoms with van der Waals surface area (Å²) in [4.78, 5) is 14.7. The topological polar surface area (TPSA) is 32.3 Å². The van der Waals surface area contributed by atoms with Crippen molar-refractivity contribution in [2.24, 2.45) is 11.8 Å². The van der Waals surface area contributed by atoms with Crippen molar-refractivity contribution in [3.63, 3.8) is 0 Å². The molecule has 1 N–H and O–H groups in total. The van der Waals surface area contributed by atoms with Gasteiger partial charge in [0.1, 0.15) is 0 Å². The first kappa shape index (κ1) is 12.4. The molecule has 0 aromatic heterocycles. The minimum absolute atomic E-state index is 0.243. The van der Waals surface area contributed by atoms with Crippen molar-refractivity contribution in [3.8, 4) is 0 Å². The smallest absolute Gasteiger partial charge is 0.253 e. The summed E-state index contributed by atoms with van der Waals surface area (Å²) in [6, 6.07) is 6.38. The third kappa shape index (κ3) is 2.05. The van der Waals surface area contributed by atoms with Crippen LogP contribution in [0.4, 0.5) is 0 Å². The van der Waals surface area contributed by atoms with E-state index in [2.05, 4.69) is 22.3 Å². The zero-order chi connectivity index (χ0) is 13.5. The average molecular weight is 270 g/mol. The Labute approximate surface area is 120 Å². The van der Waals surface area contributed by atoms with E-state index >= 15 is 0 Å². The second-order valence-electron chi connectivity index (χ2n) is 6.58. The van der Waals surface area contributed by atoms with Crippen molar-refractivity contribution in [2.75, 3.05) is 26.2 Å². The number of amides is 1. The maximum atomic E-state index is 12.7. The summed E-state index contributed by atoms with van der Waals surface area (Å²) >= 11 is 0. The molecule has 2 fully saturated rings. The fraction of sp³-hybridized carbons (Fsp3) is 0.588. The third-order valence-corrected chi connectivity index (χ3v) is 5.27. The summed E-state index contributed by atoms with van der Waals surface area (Å²) in [5.41, 5.74) is 3.76. The van der Waals surface area contributed by atoms with Crippen molar-refractivity contribution in [2.45, 2.75) is 25.7 Å². The molecule has 0 radical (unpaired) electrons. The Kier molecular flexibility index (Phi) is 3.03. The van der Waals surface area contributed by atoms with Crippen LogP contribution in [-0.2, 0) is 12.8 Å². The Morgan fingerprint density at radius 3 is 2.50 bits per heavy atom. The number of likely N-dealkylation sites (tertiary alicyclic amines) is 1. The molecule has 2 aliphatic heterocycles. The first-order valence-electron chi connectivity index (χ1n) is 7.93. The van der Waals surface area contributed by atoms with Crippen LogP contribution in [-0.4, -0.2) is 37.0 Å². The fourth-order valence-corrected chi connectivity index (χ4v) is 4.07. The maximum absolute atomic E-state index is 12.7. The number of nitrogens with zero attached hydrogens (tertiary/aromatic N) is 1. The number of nitrogens with one attached hydrogen (secondary N) is 1. The first-order chi connectivity index (χ1) is 9.81. The second-order valence-corrected chi connectivity index (χ2v) is 6.58. The number of hydrogen-bond acceptors (Lipinski definition) is 2.